The number of carbonyl (C=O) groups is 3. The van der Waals surface area contributed by atoms with E-state index in [4.69, 9.17) is 9.47 Å². The summed E-state index contributed by atoms with van der Waals surface area (Å²) in [7, 11) is 1.31. The number of esters is 2. The molecule has 0 bridgehead atoms. The molecule has 0 unspecified atom stereocenters. The zero-order chi connectivity index (χ0) is 21.2. The third-order valence-electron chi connectivity index (χ3n) is 4.12. The Kier molecular flexibility index (Phi) is 8.21. The lowest BCUT2D eigenvalue weighted by Crippen LogP contribution is -2.29. The summed E-state index contributed by atoms with van der Waals surface area (Å²) in [6.45, 7) is 3.65. The Bertz CT molecular complexity index is 845. The lowest BCUT2D eigenvalue weighted by molar-refractivity contribution is -0.150. The number of nitrogens with one attached hydrogen (secondary N) is 1. The van der Waals surface area contributed by atoms with Crippen molar-refractivity contribution in [3.63, 3.8) is 0 Å². The number of benzene rings is 2. The highest BCUT2D eigenvalue weighted by atomic mass is 16.6. The van der Waals surface area contributed by atoms with Crippen molar-refractivity contribution in [2.45, 2.75) is 26.3 Å². The second-order valence-electron chi connectivity index (χ2n) is 6.61. The van der Waals surface area contributed by atoms with Crippen LogP contribution in [0.1, 0.15) is 41.3 Å². The number of hydrogen-bond donors (Lipinski definition) is 1. The molecule has 0 heterocycles. The lowest BCUT2D eigenvalue weighted by atomic mass is 10.0. The van der Waals surface area contributed by atoms with E-state index in [0.29, 0.717) is 11.3 Å². The van der Waals surface area contributed by atoms with Gasteiger partial charge in [0.15, 0.2) is 13.2 Å². The van der Waals surface area contributed by atoms with Crippen LogP contribution < -0.4 is 10.1 Å². The van der Waals surface area contributed by atoms with Crippen LogP contribution in [0.5, 0.6) is 5.75 Å². The summed E-state index contributed by atoms with van der Waals surface area (Å²) in [6.07, 6.45) is 0. The van der Waals surface area contributed by atoms with Gasteiger partial charge in [0.05, 0.1) is 12.7 Å². The Morgan fingerprint density at radius 3 is 2.31 bits per heavy atom. The molecule has 2 aromatic rings. The standard InChI is InChI=1S/C22H25NO6/c1-15(2)18-6-4-5-7-19(18)28-14-21(25)29-13-20(24)23-12-16-8-10-17(11-9-16)22(26)27-3/h4-11,15H,12-14H2,1-3H3,(H,23,24). The molecule has 0 aliphatic carbocycles. The maximum absolute atomic E-state index is 11.9. The summed E-state index contributed by atoms with van der Waals surface area (Å²) >= 11 is 0. The summed E-state index contributed by atoms with van der Waals surface area (Å²) in [5, 5.41) is 2.64. The third-order valence-corrected chi connectivity index (χ3v) is 4.12. The molecule has 0 saturated heterocycles. The zero-order valence-electron chi connectivity index (χ0n) is 16.8. The molecule has 1 N–H and O–H groups in total. The molecule has 0 fully saturated rings. The molecule has 0 radical (unpaired) electrons. The number of amides is 1. The number of carbonyl (C=O) groups excluding carboxylic acids is 3. The fourth-order valence-corrected chi connectivity index (χ4v) is 2.54. The van der Waals surface area contributed by atoms with Crippen molar-refractivity contribution in [2.24, 2.45) is 0 Å². The summed E-state index contributed by atoms with van der Waals surface area (Å²) in [6, 6.07) is 14.1. The van der Waals surface area contributed by atoms with E-state index in [1.165, 1.54) is 7.11 Å². The van der Waals surface area contributed by atoms with Gasteiger partial charge >= 0.3 is 11.9 Å². The van der Waals surface area contributed by atoms with Gasteiger partial charge in [-0.15, -0.1) is 0 Å². The monoisotopic (exact) mass is 399 g/mol. The van der Waals surface area contributed by atoms with Gasteiger partial charge in [-0.25, -0.2) is 9.59 Å². The smallest absolute Gasteiger partial charge is 0.344 e. The molecule has 154 valence electrons. The second-order valence-corrected chi connectivity index (χ2v) is 6.61. The first kappa shape index (κ1) is 21.9. The van der Waals surface area contributed by atoms with Crippen LogP contribution >= 0.6 is 0 Å². The Morgan fingerprint density at radius 2 is 1.66 bits per heavy atom. The zero-order valence-corrected chi connectivity index (χ0v) is 16.8. The van der Waals surface area contributed by atoms with Gasteiger partial charge in [0.25, 0.3) is 5.91 Å². The van der Waals surface area contributed by atoms with E-state index in [9.17, 15) is 14.4 Å². The average Bonchev–Trinajstić information content (AvgIpc) is 2.74. The first-order chi connectivity index (χ1) is 13.9. The molecule has 0 atom stereocenters. The van der Waals surface area contributed by atoms with Gasteiger partial charge in [-0.05, 0) is 35.2 Å². The summed E-state index contributed by atoms with van der Waals surface area (Å²) < 4.78 is 15.1. The molecule has 2 rings (SSSR count). The van der Waals surface area contributed by atoms with E-state index in [2.05, 4.69) is 10.1 Å². The first-order valence-corrected chi connectivity index (χ1v) is 9.22. The average molecular weight is 399 g/mol. The first-order valence-electron chi connectivity index (χ1n) is 9.22. The van der Waals surface area contributed by atoms with E-state index in [1.54, 1.807) is 30.3 Å². The third kappa shape index (κ3) is 6.95. The van der Waals surface area contributed by atoms with Crippen LogP contribution in [0.2, 0.25) is 0 Å². The van der Waals surface area contributed by atoms with Crippen LogP contribution in [0.4, 0.5) is 0 Å². The van der Waals surface area contributed by atoms with Crippen molar-refractivity contribution in [3.05, 3.63) is 65.2 Å². The van der Waals surface area contributed by atoms with E-state index in [1.807, 2.05) is 32.0 Å². The molecule has 7 nitrogen and oxygen atoms in total. The Hall–Kier alpha value is -3.35. The molecule has 0 aliphatic rings. The predicted molar refractivity (Wildman–Crippen MR) is 107 cm³/mol. The van der Waals surface area contributed by atoms with Crippen molar-refractivity contribution >= 4 is 17.8 Å². The molecule has 2 aromatic carbocycles. The topological polar surface area (TPSA) is 90.9 Å². The second kappa shape index (κ2) is 10.8. The molecular formula is C22H25NO6. The van der Waals surface area contributed by atoms with Crippen molar-refractivity contribution < 1.29 is 28.6 Å². The van der Waals surface area contributed by atoms with Gasteiger partial charge < -0.3 is 19.5 Å². The van der Waals surface area contributed by atoms with Crippen molar-refractivity contribution in [2.75, 3.05) is 20.3 Å². The molecular weight excluding hydrogens is 374 g/mol. The molecule has 7 heteroatoms. The highest BCUT2D eigenvalue weighted by Crippen LogP contribution is 2.25. The maximum Gasteiger partial charge on any atom is 0.344 e. The van der Waals surface area contributed by atoms with Gasteiger partial charge in [0, 0.05) is 6.54 Å². The number of rotatable bonds is 9. The SMILES string of the molecule is COC(=O)c1ccc(CNC(=O)COC(=O)COc2ccccc2C(C)C)cc1. The van der Waals surface area contributed by atoms with Crippen LogP contribution in [0.3, 0.4) is 0 Å². The fourth-order valence-electron chi connectivity index (χ4n) is 2.54. The summed E-state index contributed by atoms with van der Waals surface area (Å²) in [4.78, 5) is 35.1. The van der Waals surface area contributed by atoms with Crippen LogP contribution in [0, 0.1) is 0 Å². The van der Waals surface area contributed by atoms with E-state index < -0.39 is 24.5 Å². The number of ether oxygens (including phenoxy) is 3. The number of para-hydroxylation sites is 1. The number of methoxy groups -OCH3 is 1. The number of hydrogen-bond acceptors (Lipinski definition) is 6. The minimum absolute atomic E-state index is 0.246. The van der Waals surface area contributed by atoms with Gasteiger partial charge in [-0.2, -0.15) is 0 Å². The van der Waals surface area contributed by atoms with Crippen LogP contribution in [0.15, 0.2) is 48.5 Å². The maximum atomic E-state index is 11.9. The van der Waals surface area contributed by atoms with Crippen LogP contribution in [-0.4, -0.2) is 38.2 Å². The molecule has 0 aromatic heterocycles. The molecule has 0 saturated carbocycles. The summed E-state index contributed by atoms with van der Waals surface area (Å²) in [5.41, 5.74) is 2.22. The van der Waals surface area contributed by atoms with E-state index in [0.717, 1.165) is 11.1 Å². The van der Waals surface area contributed by atoms with Crippen molar-refractivity contribution in [1.82, 2.24) is 5.32 Å². The molecule has 0 aliphatic heterocycles. The Balaban J connectivity index is 1.72. The Labute approximate surface area is 170 Å². The molecule has 29 heavy (non-hydrogen) atoms. The highest BCUT2D eigenvalue weighted by Gasteiger charge is 2.12. The predicted octanol–water partition coefficient (Wildman–Crippen LogP) is 2.84. The van der Waals surface area contributed by atoms with E-state index in [-0.39, 0.29) is 19.1 Å². The van der Waals surface area contributed by atoms with Gasteiger partial charge in [-0.3, -0.25) is 4.79 Å². The quantitative estimate of drug-likeness (QED) is 0.652. The fraction of sp³-hybridized carbons (Fsp3) is 0.318. The highest BCUT2D eigenvalue weighted by molar-refractivity contribution is 5.89. The van der Waals surface area contributed by atoms with Gasteiger partial charge in [0.2, 0.25) is 0 Å². The Morgan fingerprint density at radius 1 is 0.966 bits per heavy atom. The lowest BCUT2D eigenvalue weighted by Gasteiger charge is -2.13. The minimum atomic E-state index is -0.624. The largest absolute Gasteiger partial charge is 0.482 e. The molecule has 0 spiro atoms. The van der Waals surface area contributed by atoms with Crippen molar-refractivity contribution in [1.29, 1.82) is 0 Å². The summed E-state index contributed by atoms with van der Waals surface area (Å²) in [5.74, 6) is -0.598. The minimum Gasteiger partial charge on any atom is -0.482 e. The van der Waals surface area contributed by atoms with Gasteiger partial charge in [0.1, 0.15) is 5.75 Å². The van der Waals surface area contributed by atoms with Gasteiger partial charge in [-0.1, -0.05) is 44.2 Å². The van der Waals surface area contributed by atoms with Crippen LogP contribution in [-0.2, 0) is 25.6 Å². The van der Waals surface area contributed by atoms with Crippen molar-refractivity contribution in [3.8, 4) is 5.75 Å². The molecule has 1 amide bonds. The normalized spacial score (nSPS) is 10.3. The van der Waals surface area contributed by atoms with E-state index >= 15 is 0 Å². The van der Waals surface area contributed by atoms with Crippen LogP contribution in [0.25, 0.3) is 0 Å².